The van der Waals surface area contributed by atoms with Crippen molar-refractivity contribution in [2.45, 2.75) is 11.7 Å². The van der Waals surface area contributed by atoms with Gasteiger partial charge >= 0.3 is 0 Å². The second-order valence-corrected chi connectivity index (χ2v) is 3.70. The number of hydrogen-bond acceptors (Lipinski definition) is 3. The number of nitrogens with two attached hydrogens (primary N) is 1. The molecule has 1 aliphatic heterocycles. The minimum atomic E-state index is 0.840. The zero-order chi connectivity index (χ0) is 6.53. The average Bonchev–Trinajstić information content (AvgIpc) is 1.76. The monoisotopic (exact) mass is 146 g/mol. The van der Waals surface area contributed by atoms with Crippen molar-refractivity contribution >= 4 is 11.8 Å². The van der Waals surface area contributed by atoms with E-state index < -0.39 is 0 Å². The van der Waals surface area contributed by atoms with Gasteiger partial charge in [-0.1, -0.05) is 0 Å². The first-order valence-corrected chi connectivity index (χ1v) is 4.50. The molecule has 0 spiro atoms. The highest BCUT2D eigenvalue weighted by Gasteiger charge is 2.15. The minimum absolute atomic E-state index is 0.840. The molecule has 0 amide bonds. The van der Waals surface area contributed by atoms with Crippen LogP contribution in [0.4, 0.5) is 0 Å². The standard InChI is InChI=1S/C6H14N2S/c7-2-1-3-9-6-4-8-5-6/h6,8H,1-5,7H2. The Bertz CT molecular complexity index is 73.5. The van der Waals surface area contributed by atoms with E-state index >= 15 is 0 Å². The van der Waals surface area contributed by atoms with Crippen LogP contribution in [0, 0.1) is 0 Å². The third kappa shape index (κ3) is 2.56. The van der Waals surface area contributed by atoms with Crippen LogP contribution >= 0.6 is 11.8 Å². The smallest absolute Gasteiger partial charge is 0.0297 e. The average molecular weight is 146 g/mol. The van der Waals surface area contributed by atoms with Crippen LogP contribution in [0.25, 0.3) is 0 Å². The summed E-state index contributed by atoms with van der Waals surface area (Å²) in [5.74, 6) is 1.24. The summed E-state index contributed by atoms with van der Waals surface area (Å²) in [6.45, 7) is 3.25. The summed E-state index contributed by atoms with van der Waals surface area (Å²) in [5.41, 5.74) is 5.35. The van der Waals surface area contributed by atoms with E-state index in [1.807, 2.05) is 11.8 Å². The number of hydrogen-bond donors (Lipinski definition) is 2. The summed E-state index contributed by atoms with van der Waals surface area (Å²) < 4.78 is 0. The van der Waals surface area contributed by atoms with Gasteiger partial charge in [-0.3, -0.25) is 0 Å². The highest BCUT2D eigenvalue weighted by Crippen LogP contribution is 2.14. The Labute approximate surface area is 60.6 Å². The number of nitrogens with one attached hydrogen (secondary N) is 1. The molecule has 0 radical (unpaired) electrons. The summed E-state index contributed by atoms with van der Waals surface area (Å²) in [6.07, 6.45) is 1.17. The molecule has 3 heteroatoms. The predicted octanol–water partition coefficient (Wildman–Crippen LogP) is 0.0402. The van der Waals surface area contributed by atoms with Crippen molar-refractivity contribution in [3.63, 3.8) is 0 Å². The first-order chi connectivity index (χ1) is 4.43. The molecule has 0 aromatic heterocycles. The Morgan fingerprint density at radius 2 is 2.33 bits per heavy atom. The molecule has 2 nitrogen and oxygen atoms in total. The summed E-state index contributed by atoms with van der Waals surface area (Å²) in [6, 6.07) is 0. The van der Waals surface area contributed by atoms with Gasteiger partial charge in [-0.2, -0.15) is 11.8 Å². The molecule has 3 N–H and O–H groups in total. The Hall–Kier alpha value is 0.270. The molecule has 1 aliphatic rings. The summed E-state index contributed by atoms with van der Waals surface area (Å²) in [4.78, 5) is 0. The van der Waals surface area contributed by atoms with Gasteiger partial charge in [0.15, 0.2) is 0 Å². The second-order valence-electron chi connectivity index (χ2n) is 2.29. The molecule has 1 saturated heterocycles. The Balaban J connectivity index is 1.80. The zero-order valence-electron chi connectivity index (χ0n) is 5.60. The largest absolute Gasteiger partial charge is 0.330 e. The summed E-state index contributed by atoms with van der Waals surface area (Å²) in [7, 11) is 0. The van der Waals surface area contributed by atoms with Gasteiger partial charge in [-0.25, -0.2) is 0 Å². The quantitative estimate of drug-likeness (QED) is 0.550. The third-order valence-corrected chi connectivity index (χ3v) is 2.78. The lowest BCUT2D eigenvalue weighted by Gasteiger charge is -2.26. The van der Waals surface area contributed by atoms with Crippen LogP contribution in [0.5, 0.6) is 0 Å². The van der Waals surface area contributed by atoms with E-state index in [4.69, 9.17) is 5.73 Å². The van der Waals surface area contributed by atoms with Crippen LogP contribution in [0.15, 0.2) is 0 Å². The fourth-order valence-corrected chi connectivity index (χ4v) is 1.85. The molecule has 0 aromatic rings. The Kier molecular flexibility index (Phi) is 3.40. The maximum atomic E-state index is 5.35. The predicted molar refractivity (Wildman–Crippen MR) is 42.8 cm³/mol. The van der Waals surface area contributed by atoms with E-state index in [0.717, 1.165) is 11.8 Å². The van der Waals surface area contributed by atoms with Gasteiger partial charge in [-0.15, -0.1) is 0 Å². The fourth-order valence-electron chi connectivity index (χ4n) is 0.713. The van der Waals surface area contributed by atoms with E-state index in [2.05, 4.69) is 5.32 Å². The molecule has 0 unspecified atom stereocenters. The number of thioether (sulfide) groups is 1. The van der Waals surface area contributed by atoms with Gasteiger partial charge in [0.05, 0.1) is 0 Å². The Morgan fingerprint density at radius 3 is 2.78 bits per heavy atom. The van der Waals surface area contributed by atoms with E-state index in [1.54, 1.807) is 0 Å². The molecule has 1 fully saturated rings. The molecular weight excluding hydrogens is 132 g/mol. The van der Waals surface area contributed by atoms with E-state index in [1.165, 1.54) is 25.3 Å². The van der Waals surface area contributed by atoms with E-state index in [0.29, 0.717) is 0 Å². The highest BCUT2D eigenvalue weighted by atomic mass is 32.2. The molecule has 0 atom stereocenters. The van der Waals surface area contributed by atoms with Gasteiger partial charge < -0.3 is 11.1 Å². The third-order valence-electron chi connectivity index (χ3n) is 1.45. The van der Waals surface area contributed by atoms with Crippen LogP contribution in [0.3, 0.4) is 0 Å². The van der Waals surface area contributed by atoms with Crippen molar-refractivity contribution in [2.24, 2.45) is 5.73 Å². The molecule has 1 heterocycles. The Morgan fingerprint density at radius 1 is 1.56 bits per heavy atom. The molecule has 1 rings (SSSR count). The van der Waals surface area contributed by atoms with Gasteiger partial charge in [0.2, 0.25) is 0 Å². The molecule has 0 bridgehead atoms. The SMILES string of the molecule is NCCCSC1CNC1. The van der Waals surface area contributed by atoms with Crippen LogP contribution in [0.1, 0.15) is 6.42 Å². The topological polar surface area (TPSA) is 38.0 Å². The zero-order valence-corrected chi connectivity index (χ0v) is 6.41. The molecule has 0 aromatic carbocycles. The van der Waals surface area contributed by atoms with Crippen molar-refractivity contribution in [3.8, 4) is 0 Å². The van der Waals surface area contributed by atoms with Gasteiger partial charge in [0.1, 0.15) is 0 Å². The van der Waals surface area contributed by atoms with Crippen LogP contribution in [0.2, 0.25) is 0 Å². The molecule has 9 heavy (non-hydrogen) atoms. The van der Waals surface area contributed by atoms with Crippen LogP contribution in [-0.2, 0) is 0 Å². The van der Waals surface area contributed by atoms with E-state index in [-0.39, 0.29) is 0 Å². The number of rotatable bonds is 4. The fraction of sp³-hybridized carbons (Fsp3) is 1.00. The second kappa shape index (κ2) is 4.14. The maximum Gasteiger partial charge on any atom is 0.0297 e. The first-order valence-electron chi connectivity index (χ1n) is 3.46. The lowest BCUT2D eigenvalue weighted by atomic mass is 10.3. The summed E-state index contributed by atoms with van der Waals surface area (Å²) in [5, 5.41) is 4.12. The molecular formula is C6H14N2S. The van der Waals surface area contributed by atoms with Crippen molar-refractivity contribution < 1.29 is 0 Å². The van der Waals surface area contributed by atoms with Crippen LogP contribution < -0.4 is 11.1 Å². The van der Waals surface area contributed by atoms with Crippen molar-refractivity contribution in [1.82, 2.24) is 5.32 Å². The first kappa shape index (κ1) is 7.38. The van der Waals surface area contributed by atoms with E-state index in [9.17, 15) is 0 Å². The van der Waals surface area contributed by atoms with Gasteiger partial charge in [-0.05, 0) is 18.7 Å². The minimum Gasteiger partial charge on any atom is -0.330 e. The van der Waals surface area contributed by atoms with Crippen LogP contribution in [-0.4, -0.2) is 30.6 Å². The lowest BCUT2D eigenvalue weighted by molar-refractivity contribution is 0.543. The molecule has 0 saturated carbocycles. The van der Waals surface area contributed by atoms with Gasteiger partial charge in [0.25, 0.3) is 0 Å². The summed E-state index contributed by atoms with van der Waals surface area (Å²) >= 11 is 2.05. The van der Waals surface area contributed by atoms with Crippen molar-refractivity contribution in [2.75, 3.05) is 25.4 Å². The highest BCUT2D eigenvalue weighted by molar-refractivity contribution is 8.00. The van der Waals surface area contributed by atoms with Crippen molar-refractivity contribution in [1.29, 1.82) is 0 Å². The van der Waals surface area contributed by atoms with Gasteiger partial charge in [0, 0.05) is 18.3 Å². The molecule has 0 aliphatic carbocycles. The normalized spacial score (nSPS) is 19.7. The lowest BCUT2D eigenvalue weighted by Crippen LogP contribution is -2.44. The van der Waals surface area contributed by atoms with Crippen molar-refractivity contribution in [3.05, 3.63) is 0 Å². The maximum absolute atomic E-state index is 5.35. The molecule has 54 valence electrons.